The summed E-state index contributed by atoms with van der Waals surface area (Å²) in [6, 6.07) is 10.5. The number of nitrogens with zero attached hydrogens (tertiary/aromatic N) is 1. The van der Waals surface area contributed by atoms with Crippen LogP contribution < -0.4 is 5.32 Å². The number of benzene rings is 1. The SMILES string of the molecule is CC(C)NC[C@@H]1CCCCN1C(=O)OCc1ccccc1. The van der Waals surface area contributed by atoms with Crippen molar-refractivity contribution in [3.8, 4) is 0 Å². The van der Waals surface area contributed by atoms with Crippen molar-refractivity contribution in [2.24, 2.45) is 0 Å². The molecule has 1 N–H and O–H groups in total. The second-order valence-corrected chi connectivity index (χ2v) is 5.95. The number of amides is 1. The molecule has 1 aliphatic heterocycles. The van der Waals surface area contributed by atoms with Crippen molar-refractivity contribution in [1.82, 2.24) is 10.2 Å². The maximum Gasteiger partial charge on any atom is 0.410 e. The fourth-order valence-electron chi connectivity index (χ4n) is 2.63. The molecule has 1 heterocycles. The van der Waals surface area contributed by atoms with Gasteiger partial charge in [-0.05, 0) is 24.8 Å². The molecule has 0 radical (unpaired) electrons. The molecule has 21 heavy (non-hydrogen) atoms. The molecule has 1 atom stereocenters. The van der Waals surface area contributed by atoms with Crippen LogP contribution in [0.4, 0.5) is 4.79 Å². The van der Waals surface area contributed by atoms with Crippen molar-refractivity contribution in [3.63, 3.8) is 0 Å². The van der Waals surface area contributed by atoms with Gasteiger partial charge < -0.3 is 15.0 Å². The number of hydrogen-bond donors (Lipinski definition) is 1. The average molecular weight is 290 g/mol. The van der Waals surface area contributed by atoms with E-state index < -0.39 is 0 Å². The Hall–Kier alpha value is -1.55. The Balaban J connectivity index is 1.86. The molecular formula is C17H26N2O2. The van der Waals surface area contributed by atoms with E-state index in [0.29, 0.717) is 12.6 Å². The van der Waals surface area contributed by atoms with Gasteiger partial charge in [0, 0.05) is 25.2 Å². The molecule has 1 fully saturated rings. The lowest BCUT2D eigenvalue weighted by Gasteiger charge is -2.35. The summed E-state index contributed by atoms with van der Waals surface area (Å²) < 4.78 is 5.46. The van der Waals surface area contributed by atoms with Crippen LogP contribution in [0.1, 0.15) is 38.7 Å². The Morgan fingerprint density at radius 2 is 2.10 bits per heavy atom. The van der Waals surface area contributed by atoms with Gasteiger partial charge in [0.25, 0.3) is 0 Å². The summed E-state index contributed by atoms with van der Waals surface area (Å²) in [5.41, 5.74) is 1.03. The van der Waals surface area contributed by atoms with Gasteiger partial charge in [-0.1, -0.05) is 44.2 Å². The van der Waals surface area contributed by atoms with Crippen molar-refractivity contribution in [2.45, 2.75) is 51.8 Å². The molecule has 0 aliphatic carbocycles. The van der Waals surface area contributed by atoms with Crippen LogP contribution in [0.2, 0.25) is 0 Å². The summed E-state index contributed by atoms with van der Waals surface area (Å²) in [4.78, 5) is 14.2. The van der Waals surface area contributed by atoms with E-state index in [4.69, 9.17) is 4.74 Å². The predicted molar refractivity (Wildman–Crippen MR) is 84.1 cm³/mol. The van der Waals surface area contributed by atoms with E-state index in [1.54, 1.807) is 0 Å². The van der Waals surface area contributed by atoms with Crippen molar-refractivity contribution in [3.05, 3.63) is 35.9 Å². The highest BCUT2D eigenvalue weighted by atomic mass is 16.6. The van der Waals surface area contributed by atoms with Gasteiger partial charge in [-0.15, -0.1) is 0 Å². The van der Waals surface area contributed by atoms with Gasteiger partial charge in [-0.3, -0.25) is 0 Å². The fraction of sp³-hybridized carbons (Fsp3) is 0.588. The summed E-state index contributed by atoms with van der Waals surface area (Å²) in [6.45, 7) is 6.25. The van der Waals surface area contributed by atoms with Crippen LogP contribution in [0.3, 0.4) is 0 Å². The third-order valence-corrected chi connectivity index (χ3v) is 3.83. The molecule has 0 bridgehead atoms. The number of nitrogens with one attached hydrogen (secondary N) is 1. The molecule has 0 spiro atoms. The number of ether oxygens (including phenoxy) is 1. The number of hydrogen-bond acceptors (Lipinski definition) is 3. The average Bonchev–Trinajstić information content (AvgIpc) is 2.52. The standard InChI is InChI=1S/C17H26N2O2/c1-14(2)18-12-16-10-6-7-11-19(16)17(20)21-13-15-8-4-3-5-9-15/h3-5,8-9,14,16,18H,6-7,10-13H2,1-2H3/t16-/m0/s1. The summed E-state index contributed by atoms with van der Waals surface area (Å²) in [5, 5.41) is 3.42. The number of piperidine rings is 1. The van der Waals surface area contributed by atoms with Crippen LogP contribution in [0.5, 0.6) is 0 Å². The van der Waals surface area contributed by atoms with Crippen LogP contribution >= 0.6 is 0 Å². The van der Waals surface area contributed by atoms with Crippen LogP contribution in [-0.2, 0) is 11.3 Å². The molecule has 1 saturated heterocycles. The van der Waals surface area contributed by atoms with E-state index in [-0.39, 0.29) is 12.1 Å². The molecule has 2 rings (SSSR count). The monoisotopic (exact) mass is 290 g/mol. The quantitative estimate of drug-likeness (QED) is 0.905. The summed E-state index contributed by atoms with van der Waals surface area (Å²) in [6.07, 6.45) is 3.13. The molecule has 4 nitrogen and oxygen atoms in total. The zero-order chi connectivity index (χ0) is 15.1. The Morgan fingerprint density at radius 3 is 2.81 bits per heavy atom. The van der Waals surface area contributed by atoms with Crippen LogP contribution in [0.15, 0.2) is 30.3 Å². The molecule has 0 saturated carbocycles. The van der Waals surface area contributed by atoms with Gasteiger partial charge in [0.05, 0.1) is 0 Å². The third-order valence-electron chi connectivity index (χ3n) is 3.83. The van der Waals surface area contributed by atoms with E-state index >= 15 is 0 Å². The lowest BCUT2D eigenvalue weighted by atomic mass is 10.0. The summed E-state index contributed by atoms with van der Waals surface area (Å²) >= 11 is 0. The Kier molecular flexibility index (Phi) is 6.05. The first kappa shape index (κ1) is 15.8. The Bertz CT molecular complexity index is 434. The smallest absolute Gasteiger partial charge is 0.410 e. The Labute approximate surface area is 127 Å². The van der Waals surface area contributed by atoms with Gasteiger partial charge in [0.15, 0.2) is 0 Å². The second kappa shape index (κ2) is 8.03. The first-order chi connectivity index (χ1) is 10.2. The van der Waals surface area contributed by atoms with Crippen LogP contribution in [-0.4, -0.2) is 36.2 Å². The molecule has 4 heteroatoms. The molecule has 1 aliphatic rings. The largest absolute Gasteiger partial charge is 0.445 e. The molecule has 116 valence electrons. The molecule has 0 aromatic heterocycles. The van der Waals surface area contributed by atoms with E-state index in [9.17, 15) is 4.79 Å². The number of carbonyl (C=O) groups excluding carboxylic acids is 1. The van der Waals surface area contributed by atoms with Crippen molar-refractivity contribution < 1.29 is 9.53 Å². The fourth-order valence-corrected chi connectivity index (χ4v) is 2.63. The van der Waals surface area contributed by atoms with Gasteiger partial charge in [-0.25, -0.2) is 4.79 Å². The highest BCUT2D eigenvalue weighted by molar-refractivity contribution is 5.68. The number of carbonyl (C=O) groups is 1. The topological polar surface area (TPSA) is 41.6 Å². The van der Waals surface area contributed by atoms with Crippen LogP contribution in [0, 0.1) is 0 Å². The molecule has 1 amide bonds. The lowest BCUT2D eigenvalue weighted by molar-refractivity contribution is 0.0675. The third kappa shape index (κ3) is 5.05. The van der Waals surface area contributed by atoms with Crippen LogP contribution in [0.25, 0.3) is 0 Å². The van der Waals surface area contributed by atoms with E-state index in [1.807, 2.05) is 35.2 Å². The summed E-state index contributed by atoms with van der Waals surface area (Å²) in [7, 11) is 0. The first-order valence-corrected chi connectivity index (χ1v) is 7.87. The van der Waals surface area contributed by atoms with Crippen molar-refractivity contribution in [1.29, 1.82) is 0 Å². The second-order valence-electron chi connectivity index (χ2n) is 5.95. The molecule has 1 aromatic rings. The van der Waals surface area contributed by atoms with E-state index in [1.165, 1.54) is 6.42 Å². The minimum Gasteiger partial charge on any atom is -0.445 e. The first-order valence-electron chi connectivity index (χ1n) is 7.87. The minimum absolute atomic E-state index is 0.186. The predicted octanol–water partition coefficient (Wildman–Crippen LogP) is 3.18. The minimum atomic E-state index is -0.186. The van der Waals surface area contributed by atoms with E-state index in [2.05, 4.69) is 19.2 Å². The van der Waals surface area contributed by atoms with Crippen molar-refractivity contribution in [2.75, 3.05) is 13.1 Å². The molecule has 1 aromatic carbocycles. The lowest BCUT2D eigenvalue weighted by Crippen LogP contribution is -2.49. The zero-order valence-electron chi connectivity index (χ0n) is 13.0. The highest BCUT2D eigenvalue weighted by Gasteiger charge is 2.27. The van der Waals surface area contributed by atoms with E-state index in [0.717, 1.165) is 31.5 Å². The Morgan fingerprint density at radius 1 is 1.33 bits per heavy atom. The normalized spacial score (nSPS) is 18.8. The summed E-state index contributed by atoms with van der Waals surface area (Å²) in [5.74, 6) is 0. The number of rotatable bonds is 5. The van der Waals surface area contributed by atoms with Gasteiger partial charge in [0.1, 0.15) is 6.61 Å². The maximum atomic E-state index is 12.3. The van der Waals surface area contributed by atoms with Gasteiger partial charge in [-0.2, -0.15) is 0 Å². The highest BCUT2D eigenvalue weighted by Crippen LogP contribution is 2.18. The maximum absolute atomic E-state index is 12.3. The number of likely N-dealkylation sites (tertiary alicyclic amines) is 1. The zero-order valence-corrected chi connectivity index (χ0v) is 13.0. The van der Waals surface area contributed by atoms with Gasteiger partial charge in [0.2, 0.25) is 0 Å². The van der Waals surface area contributed by atoms with Gasteiger partial charge >= 0.3 is 6.09 Å². The molecule has 0 unspecified atom stereocenters. The molecular weight excluding hydrogens is 264 g/mol. The van der Waals surface area contributed by atoms with Crippen molar-refractivity contribution >= 4 is 6.09 Å².